The zero-order valence-electron chi connectivity index (χ0n) is 14.5. The third-order valence-electron chi connectivity index (χ3n) is 5.25. The highest BCUT2D eigenvalue weighted by molar-refractivity contribution is 9.10. The van der Waals surface area contributed by atoms with E-state index in [0.29, 0.717) is 15.6 Å². The molecule has 0 atom stereocenters. The minimum absolute atomic E-state index is 0.313. The molecule has 0 bridgehead atoms. The maximum absolute atomic E-state index is 14.3. The van der Waals surface area contributed by atoms with Crippen LogP contribution in [0.3, 0.4) is 0 Å². The fraction of sp³-hybridized carbons (Fsp3) is 0. The minimum atomic E-state index is -0.313. The average Bonchev–Trinajstić information content (AvgIpc) is 3.29. The maximum Gasteiger partial charge on any atom is 0.143 e. The number of fused-ring (bicyclic) bond motifs is 6. The molecule has 4 heteroatoms. The van der Waals surface area contributed by atoms with E-state index in [2.05, 4.69) is 28.1 Å². The molecular weight excluding hydrogens is 419 g/mol. The molecule has 0 aliphatic carbocycles. The zero-order valence-corrected chi connectivity index (χ0v) is 16.1. The number of hydrogen-bond donors (Lipinski definition) is 0. The molecule has 6 aromatic rings. The van der Waals surface area contributed by atoms with Gasteiger partial charge in [0, 0.05) is 27.1 Å². The van der Waals surface area contributed by atoms with Crippen molar-refractivity contribution in [3.05, 3.63) is 83.1 Å². The van der Waals surface area contributed by atoms with Crippen molar-refractivity contribution in [1.82, 2.24) is 0 Å². The van der Waals surface area contributed by atoms with Crippen molar-refractivity contribution >= 4 is 59.8 Å². The molecule has 0 N–H and O–H groups in total. The predicted octanol–water partition coefficient (Wildman–Crippen LogP) is 8.05. The Morgan fingerprint density at radius 3 is 2.25 bits per heavy atom. The Balaban J connectivity index is 1.80. The molecule has 0 saturated heterocycles. The summed E-state index contributed by atoms with van der Waals surface area (Å²) in [6.07, 6.45) is 0. The predicted molar refractivity (Wildman–Crippen MR) is 114 cm³/mol. The Labute approximate surface area is 167 Å². The van der Waals surface area contributed by atoms with E-state index in [9.17, 15) is 4.39 Å². The van der Waals surface area contributed by atoms with Crippen LogP contribution < -0.4 is 0 Å². The van der Waals surface area contributed by atoms with Gasteiger partial charge in [-0.2, -0.15) is 0 Å². The van der Waals surface area contributed by atoms with E-state index < -0.39 is 0 Å². The number of halogens is 2. The van der Waals surface area contributed by atoms with Gasteiger partial charge in [-0.3, -0.25) is 0 Å². The highest BCUT2D eigenvalue weighted by atomic mass is 79.9. The molecule has 0 aliphatic heterocycles. The van der Waals surface area contributed by atoms with E-state index >= 15 is 0 Å². The Bertz CT molecular complexity index is 1540. The zero-order chi connectivity index (χ0) is 18.8. The van der Waals surface area contributed by atoms with E-state index in [1.165, 1.54) is 6.07 Å². The normalized spacial score (nSPS) is 11.9. The van der Waals surface area contributed by atoms with Crippen molar-refractivity contribution in [1.29, 1.82) is 0 Å². The van der Waals surface area contributed by atoms with Gasteiger partial charge in [0.05, 0.1) is 4.47 Å². The van der Waals surface area contributed by atoms with Crippen LogP contribution in [0.5, 0.6) is 0 Å². The van der Waals surface area contributed by atoms with Gasteiger partial charge >= 0.3 is 0 Å². The second-order valence-corrected chi connectivity index (χ2v) is 7.59. The van der Waals surface area contributed by atoms with E-state index in [4.69, 9.17) is 8.83 Å². The van der Waals surface area contributed by atoms with Crippen LogP contribution in [0.25, 0.3) is 55.0 Å². The highest BCUT2D eigenvalue weighted by Crippen LogP contribution is 2.43. The van der Waals surface area contributed by atoms with E-state index in [1.807, 2.05) is 48.5 Å². The first-order chi connectivity index (χ1) is 13.7. The summed E-state index contributed by atoms with van der Waals surface area (Å²) in [6, 6.07) is 23.1. The van der Waals surface area contributed by atoms with Crippen LogP contribution >= 0.6 is 15.9 Å². The van der Waals surface area contributed by atoms with Gasteiger partial charge in [0.1, 0.15) is 28.1 Å². The van der Waals surface area contributed by atoms with Gasteiger partial charge < -0.3 is 8.83 Å². The van der Waals surface area contributed by atoms with Gasteiger partial charge in [-0.1, -0.05) is 48.5 Å². The summed E-state index contributed by atoms with van der Waals surface area (Å²) in [7, 11) is 0. The van der Waals surface area contributed by atoms with Crippen LogP contribution in [0.4, 0.5) is 4.39 Å². The van der Waals surface area contributed by atoms with Crippen LogP contribution in [0, 0.1) is 5.82 Å². The Hall–Kier alpha value is -3.11. The number of hydrogen-bond acceptors (Lipinski definition) is 2. The van der Waals surface area contributed by atoms with Gasteiger partial charge in [-0.15, -0.1) is 0 Å². The quantitative estimate of drug-likeness (QED) is 0.263. The lowest BCUT2D eigenvalue weighted by molar-refractivity contribution is 0.620. The Morgan fingerprint density at radius 2 is 1.32 bits per heavy atom. The second-order valence-electron chi connectivity index (χ2n) is 6.80. The largest absolute Gasteiger partial charge is 0.456 e. The molecule has 0 unspecified atom stereocenters. The van der Waals surface area contributed by atoms with Crippen molar-refractivity contribution in [2.75, 3.05) is 0 Å². The van der Waals surface area contributed by atoms with Crippen LogP contribution in [0.15, 0.2) is 86.1 Å². The third kappa shape index (κ3) is 2.06. The highest BCUT2D eigenvalue weighted by Gasteiger charge is 2.19. The summed E-state index contributed by atoms with van der Waals surface area (Å²) in [4.78, 5) is 0. The molecule has 0 amide bonds. The fourth-order valence-corrected chi connectivity index (χ4v) is 4.55. The molecule has 134 valence electrons. The summed E-state index contributed by atoms with van der Waals surface area (Å²) in [5.74, 6) is -0.313. The van der Waals surface area contributed by atoms with E-state index in [-0.39, 0.29) is 5.82 Å². The molecule has 2 heterocycles. The SMILES string of the molecule is Fc1ccc2oc3cccc(-c4cccc5c4oc4ccccc45)c3c2c1Br. The first-order valence-electron chi connectivity index (χ1n) is 8.92. The molecule has 2 nitrogen and oxygen atoms in total. The molecule has 6 rings (SSSR count). The summed E-state index contributed by atoms with van der Waals surface area (Å²) in [6.45, 7) is 0. The molecule has 0 aliphatic rings. The number of para-hydroxylation sites is 2. The minimum Gasteiger partial charge on any atom is -0.456 e. The summed E-state index contributed by atoms with van der Waals surface area (Å²) >= 11 is 3.41. The molecule has 4 aromatic carbocycles. The summed E-state index contributed by atoms with van der Waals surface area (Å²) < 4.78 is 26.9. The molecular formula is C24H12BrFO2. The maximum atomic E-state index is 14.3. The van der Waals surface area contributed by atoms with E-state index in [1.54, 1.807) is 6.07 Å². The standard InChI is InChI=1S/C24H12BrFO2/c25-23-17(26)11-12-20-22(23)21-14(6-4-10-19(21)27-20)16-8-3-7-15-13-5-1-2-9-18(13)28-24(15)16/h1-12H. The monoisotopic (exact) mass is 430 g/mol. The molecule has 0 spiro atoms. The van der Waals surface area contributed by atoms with Gasteiger partial charge in [0.2, 0.25) is 0 Å². The number of benzene rings is 4. The lowest BCUT2D eigenvalue weighted by Gasteiger charge is -2.05. The van der Waals surface area contributed by atoms with Crippen molar-refractivity contribution in [3.63, 3.8) is 0 Å². The first-order valence-corrected chi connectivity index (χ1v) is 9.71. The van der Waals surface area contributed by atoms with Crippen LogP contribution in [-0.2, 0) is 0 Å². The van der Waals surface area contributed by atoms with E-state index in [0.717, 1.165) is 43.8 Å². The van der Waals surface area contributed by atoms with Crippen molar-refractivity contribution in [3.8, 4) is 11.1 Å². The Kier molecular flexibility index (Phi) is 3.23. The molecule has 0 radical (unpaired) electrons. The van der Waals surface area contributed by atoms with Gasteiger partial charge in [-0.25, -0.2) is 4.39 Å². The van der Waals surface area contributed by atoms with Gasteiger partial charge in [0.25, 0.3) is 0 Å². The van der Waals surface area contributed by atoms with Crippen molar-refractivity contribution in [2.45, 2.75) is 0 Å². The fourth-order valence-electron chi connectivity index (χ4n) is 4.03. The molecule has 28 heavy (non-hydrogen) atoms. The van der Waals surface area contributed by atoms with Crippen LogP contribution in [0.2, 0.25) is 0 Å². The lowest BCUT2D eigenvalue weighted by Crippen LogP contribution is -1.82. The smallest absolute Gasteiger partial charge is 0.143 e. The molecule has 0 saturated carbocycles. The Morgan fingerprint density at radius 1 is 0.607 bits per heavy atom. The number of furan rings is 2. The average molecular weight is 431 g/mol. The first kappa shape index (κ1) is 15.9. The summed E-state index contributed by atoms with van der Waals surface area (Å²) in [5, 5.41) is 3.74. The molecule has 2 aromatic heterocycles. The van der Waals surface area contributed by atoms with Crippen molar-refractivity contribution in [2.24, 2.45) is 0 Å². The third-order valence-corrected chi connectivity index (χ3v) is 6.02. The second kappa shape index (κ2) is 5.69. The number of rotatable bonds is 1. The molecule has 0 fully saturated rings. The topological polar surface area (TPSA) is 26.3 Å². The van der Waals surface area contributed by atoms with Gasteiger partial charge in [0.15, 0.2) is 0 Å². The van der Waals surface area contributed by atoms with Crippen LogP contribution in [0.1, 0.15) is 0 Å². The lowest BCUT2D eigenvalue weighted by atomic mass is 9.97. The van der Waals surface area contributed by atoms with Gasteiger partial charge in [-0.05, 0) is 45.8 Å². The van der Waals surface area contributed by atoms with Crippen LogP contribution in [-0.4, -0.2) is 0 Å². The summed E-state index contributed by atoms with van der Waals surface area (Å²) in [5.41, 5.74) is 4.93. The van der Waals surface area contributed by atoms with Crippen molar-refractivity contribution < 1.29 is 13.2 Å².